The number of aliphatic carboxylic acids is 1. The number of benzene rings is 1. The lowest BCUT2D eigenvalue weighted by molar-refractivity contribution is -0.135. The topological polar surface area (TPSA) is 72.9 Å². The summed E-state index contributed by atoms with van der Waals surface area (Å²) >= 11 is 0. The van der Waals surface area contributed by atoms with Crippen molar-refractivity contribution in [1.82, 2.24) is 4.90 Å². The zero-order valence-corrected chi connectivity index (χ0v) is 19.5. The van der Waals surface area contributed by atoms with E-state index >= 15 is 0 Å². The molecule has 3 fully saturated rings. The van der Waals surface area contributed by atoms with Crippen LogP contribution < -0.4 is 10.2 Å². The third-order valence-corrected chi connectivity index (χ3v) is 7.80. The average Bonchev–Trinajstić information content (AvgIpc) is 2.72. The molecule has 2 unspecified atom stereocenters. The third-order valence-electron chi connectivity index (χ3n) is 7.80. The number of rotatable bonds is 6. The number of hydrogen-bond donors (Lipinski definition) is 2. The Bertz CT molecular complexity index is 776. The largest absolute Gasteiger partial charge is 0.480 e. The number of carboxylic acid groups (broad SMARTS) is 1. The van der Waals surface area contributed by atoms with E-state index < -0.39 is 5.97 Å². The van der Waals surface area contributed by atoms with Crippen LogP contribution in [0, 0.1) is 0 Å². The Morgan fingerprint density at radius 2 is 1.53 bits per heavy atom. The molecule has 0 radical (unpaired) electrons. The smallest absolute Gasteiger partial charge is 0.322 e. The molecule has 1 amide bonds. The van der Waals surface area contributed by atoms with Gasteiger partial charge < -0.3 is 15.3 Å². The lowest BCUT2D eigenvalue weighted by atomic mass is 9.78. The molecule has 6 nitrogen and oxygen atoms in total. The first-order valence-electron chi connectivity index (χ1n) is 12.7. The number of anilines is 2. The molecule has 32 heavy (non-hydrogen) atoms. The normalized spacial score (nSPS) is 27.2. The summed E-state index contributed by atoms with van der Waals surface area (Å²) in [6, 6.07) is 9.62. The van der Waals surface area contributed by atoms with Gasteiger partial charge in [0, 0.05) is 31.1 Å². The summed E-state index contributed by atoms with van der Waals surface area (Å²) in [4.78, 5) is 28.8. The van der Waals surface area contributed by atoms with E-state index in [2.05, 4.69) is 10.2 Å². The van der Waals surface area contributed by atoms with Crippen LogP contribution in [-0.2, 0) is 9.59 Å². The number of piperidine rings is 2. The van der Waals surface area contributed by atoms with E-state index in [9.17, 15) is 9.59 Å². The van der Waals surface area contributed by atoms with E-state index in [1.165, 1.54) is 64.2 Å². The first kappa shape index (κ1) is 23.1. The van der Waals surface area contributed by atoms with Gasteiger partial charge in [-0.1, -0.05) is 50.7 Å². The monoisotopic (exact) mass is 441 g/mol. The molecule has 1 aromatic rings. The predicted octanol–water partition coefficient (Wildman–Crippen LogP) is 5.03. The summed E-state index contributed by atoms with van der Waals surface area (Å²) in [6.45, 7) is 1.49. The highest BCUT2D eigenvalue weighted by Gasteiger charge is 2.43. The Labute approximate surface area is 192 Å². The van der Waals surface area contributed by atoms with Crippen LogP contribution in [0.15, 0.2) is 24.3 Å². The highest BCUT2D eigenvalue weighted by atomic mass is 16.4. The molecule has 176 valence electrons. The Morgan fingerprint density at radius 3 is 2.16 bits per heavy atom. The van der Waals surface area contributed by atoms with E-state index in [1.54, 1.807) is 6.92 Å². The lowest BCUT2D eigenvalue weighted by Crippen LogP contribution is -2.60. The summed E-state index contributed by atoms with van der Waals surface area (Å²) in [7, 11) is 0. The molecule has 1 saturated carbocycles. The molecule has 0 spiro atoms. The maximum atomic E-state index is 12.9. The van der Waals surface area contributed by atoms with E-state index in [1.807, 2.05) is 29.2 Å². The van der Waals surface area contributed by atoms with Crippen LogP contribution in [0.25, 0.3) is 0 Å². The fourth-order valence-electron chi connectivity index (χ4n) is 6.56. The maximum absolute atomic E-state index is 12.9. The molecule has 3 aliphatic rings. The number of carbonyl (C=O) groups excluding carboxylic acids is 1. The zero-order valence-electron chi connectivity index (χ0n) is 19.5. The molecule has 6 heteroatoms. The van der Waals surface area contributed by atoms with Crippen molar-refractivity contribution in [2.45, 2.75) is 108 Å². The van der Waals surface area contributed by atoms with Crippen molar-refractivity contribution in [3.63, 3.8) is 0 Å². The minimum absolute atomic E-state index is 0.0389. The van der Waals surface area contributed by atoms with Gasteiger partial charge in [0.15, 0.2) is 0 Å². The summed E-state index contributed by atoms with van der Waals surface area (Å²) in [6.07, 6.45) is 15.3. The quantitative estimate of drug-likeness (QED) is 0.647. The molecule has 1 aromatic carbocycles. The Morgan fingerprint density at radius 1 is 0.938 bits per heavy atom. The highest BCUT2D eigenvalue weighted by molar-refractivity contribution is 5.96. The number of amides is 1. The van der Waals surface area contributed by atoms with Gasteiger partial charge in [-0.25, -0.2) is 0 Å². The van der Waals surface area contributed by atoms with Crippen molar-refractivity contribution in [1.29, 1.82) is 0 Å². The summed E-state index contributed by atoms with van der Waals surface area (Å²) in [5.41, 5.74) is 1.53. The molecule has 4 rings (SSSR count). The van der Waals surface area contributed by atoms with E-state index in [0.29, 0.717) is 18.1 Å². The van der Waals surface area contributed by atoms with Gasteiger partial charge in [0.1, 0.15) is 6.54 Å². The van der Waals surface area contributed by atoms with Gasteiger partial charge in [0.25, 0.3) is 0 Å². The van der Waals surface area contributed by atoms with Crippen LogP contribution in [0.5, 0.6) is 0 Å². The van der Waals surface area contributed by atoms with Gasteiger partial charge in [-0.15, -0.1) is 0 Å². The third kappa shape index (κ3) is 5.28. The van der Waals surface area contributed by atoms with Gasteiger partial charge >= 0.3 is 5.97 Å². The maximum Gasteiger partial charge on any atom is 0.322 e. The number of nitrogens with zero attached hydrogens (tertiary/aromatic N) is 2. The fourth-order valence-corrected chi connectivity index (χ4v) is 6.56. The number of fused-ring (bicyclic) bond motifs is 2. The zero-order chi connectivity index (χ0) is 22.5. The Kier molecular flexibility index (Phi) is 7.71. The van der Waals surface area contributed by atoms with Crippen molar-refractivity contribution in [2.24, 2.45) is 0 Å². The lowest BCUT2D eigenvalue weighted by Gasteiger charge is -2.54. The first-order chi connectivity index (χ1) is 15.5. The van der Waals surface area contributed by atoms with Crippen LogP contribution >= 0.6 is 0 Å². The van der Waals surface area contributed by atoms with Gasteiger partial charge in [-0.2, -0.15) is 0 Å². The Balaban J connectivity index is 1.55. The predicted molar refractivity (Wildman–Crippen MR) is 128 cm³/mol. The van der Waals surface area contributed by atoms with Gasteiger partial charge in [0.2, 0.25) is 5.91 Å². The average molecular weight is 442 g/mol. The van der Waals surface area contributed by atoms with Crippen molar-refractivity contribution in [2.75, 3.05) is 16.8 Å². The van der Waals surface area contributed by atoms with Crippen molar-refractivity contribution < 1.29 is 14.7 Å². The second-order valence-electron chi connectivity index (χ2n) is 9.96. The molecule has 2 aliphatic heterocycles. The van der Waals surface area contributed by atoms with E-state index in [0.717, 1.165) is 24.2 Å². The van der Waals surface area contributed by atoms with Crippen molar-refractivity contribution in [3.8, 4) is 0 Å². The van der Waals surface area contributed by atoms with Gasteiger partial charge in [-0.05, 0) is 50.7 Å². The molecule has 3 atom stereocenters. The summed E-state index contributed by atoms with van der Waals surface area (Å²) in [5.74, 6) is -0.867. The number of carboxylic acids is 1. The van der Waals surface area contributed by atoms with Crippen LogP contribution in [0.1, 0.15) is 84.0 Å². The number of para-hydroxylation sites is 2. The summed E-state index contributed by atoms with van der Waals surface area (Å²) < 4.78 is 0. The Hall–Kier alpha value is -2.08. The van der Waals surface area contributed by atoms with E-state index in [4.69, 9.17) is 5.11 Å². The van der Waals surface area contributed by atoms with E-state index in [-0.39, 0.29) is 18.5 Å². The first-order valence-corrected chi connectivity index (χ1v) is 12.7. The minimum Gasteiger partial charge on any atom is -0.480 e. The van der Waals surface area contributed by atoms with Crippen LogP contribution in [0.4, 0.5) is 11.4 Å². The van der Waals surface area contributed by atoms with Crippen LogP contribution in [0.3, 0.4) is 0 Å². The molecule has 1 aliphatic carbocycles. The molecule has 0 aromatic heterocycles. The molecule has 2 N–H and O–H groups in total. The minimum atomic E-state index is -0.906. The molecular formula is C26H39N3O3. The van der Waals surface area contributed by atoms with Crippen LogP contribution in [-0.4, -0.2) is 52.6 Å². The molecule has 2 heterocycles. The number of carbonyl (C=O) groups is 2. The molecule has 2 saturated heterocycles. The van der Waals surface area contributed by atoms with Crippen molar-refractivity contribution in [3.05, 3.63) is 24.3 Å². The highest BCUT2D eigenvalue weighted by Crippen LogP contribution is 2.41. The second-order valence-corrected chi connectivity index (χ2v) is 9.96. The van der Waals surface area contributed by atoms with Crippen LogP contribution in [0.2, 0.25) is 0 Å². The molecular weight excluding hydrogens is 402 g/mol. The fraction of sp³-hybridized carbons (Fsp3) is 0.692. The second kappa shape index (κ2) is 10.7. The number of hydrogen-bond acceptors (Lipinski definition) is 4. The SMILES string of the molecule is CC(=O)N(c1ccccc1NCC(=O)O)C1CC2CCC[C@@H](C1)N2C1CCCCCCC1. The number of nitrogens with one attached hydrogen (secondary N) is 1. The summed E-state index contributed by atoms with van der Waals surface area (Å²) in [5, 5.41) is 12.1. The molecule has 2 bridgehead atoms. The van der Waals surface area contributed by atoms with Crippen molar-refractivity contribution >= 4 is 23.3 Å². The van der Waals surface area contributed by atoms with Gasteiger partial charge in [-0.3, -0.25) is 14.5 Å². The van der Waals surface area contributed by atoms with Gasteiger partial charge in [0.05, 0.1) is 11.4 Å². The standard InChI is InChI=1S/C26H39N3O3/c1-19(30)28(25-15-8-7-14-24(25)27-18-26(31)32)23-16-21-12-9-13-22(17-23)29(21)20-10-5-3-2-4-6-11-20/h7-8,14-15,20-23,27H,2-6,9-13,16-18H2,1H3,(H,31,32)/t21-,22?,23?/m0/s1.